The zero-order valence-corrected chi connectivity index (χ0v) is 8.33. The van der Waals surface area contributed by atoms with Gasteiger partial charge < -0.3 is 4.74 Å². The summed E-state index contributed by atoms with van der Waals surface area (Å²) >= 11 is 0. The first-order valence-corrected chi connectivity index (χ1v) is 4.11. The predicted molar refractivity (Wildman–Crippen MR) is 56.6 cm³/mol. The Morgan fingerprint density at radius 1 is 1.14 bits per heavy atom. The van der Waals surface area contributed by atoms with E-state index in [1.165, 1.54) is 0 Å². The van der Waals surface area contributed by atoms with Crippen molar-refractivity contribution < 1.29 is 4.74 Å². The molecule has 0 atom stereocenters. The van der Waals surface area contributed by atoms with Crippen molar-refractivity contribution in [3.05, 3.63) is 48.2 Å². The van der Waals surface area contributed by atoms with Gasteiger partial charge in [0, 0.05) is 6.07 Å². The fourth-order valence-corrected chi connectivity index (χ4v) is 1.06. The number of hydrogen-bond acceptors (Lipinski definition) is 2. The number of hydrogen-bond donors (Lipinski definition) is 1. The van der Waals surface area contributed by atoms with E-state index in [-0.39, 0.29) is 12.4 Å². The normalized spacial score (nSPS) is 9.14. The number of aromatic amines is 1. The minimum atomic E-state index is 0. The van der Waals surface area contributed by atoms with Crippen LogP contribution in [0, 0.1) is 0 Å². The lowest BCUT2D eigenvalue weighted by molar-refractivity contribution is 0.293. The van der Waals surface area contributed by atoms with Crippen LogP contribution in [0.2, 0.25) is 0 Å². The molecule has 14 heavy (non-hydrogen) atoms. The van der Waals surface area contributed by atoms with Gasteiger partial charge in [0.05, 0.1) is 6.20 Å². The molecule has 3 nitrogen and oxygen atoms in total. The number of nitrogens with zero attached hydrogens (tertiary/aromatic N) is 1. The van der Waals surface area contributed by atoms with Crippen LogP contribution in [0.25, 0.3) is 0 Å². The second-order valence-electron chi connectivity index (χ2n) is 2.70. The van der Waals surface area contributed by atoms with E-state index in [1.54, 1.807) is 12.3 Å². The van der Waals surface area contributed by atoms with Crippen LogP contribution in [0.5, 0.6) is 5.88 Å². The molecule has 2 aromatic rings. The van der Waals surface area contributed by atoms with Crippen LogP contribution >= 0.6 is 12.4 Å². The maximum Gasteiger partial charge on any atom is 0.209 e. The summed E-state index contributed by atoms with van der Waals surface area (Å²) in [5, 5.41) is 6.52. The molecule has 0 radical (unpaired) electrons. The summed E-state index contributed by atoms with van der Waals surface area (Å²) in [7, 11) is 0. The summed E-state index contributed by atoms with van der Waals surface area (Å²) in [5.41, 5.74) is 1.15. The van der Waals surface area contributed by atoms with Crippen molar-refractivity contribution >= 4 is 12.4 Å². The fourth-order valence-electron chi connectivity index (χ4n) is 1.06. The Morgan fingerprint density at radius 3 is 2.57 bits per heavy atom. The van der Waals surface area contributed by atoms with Gasteiger partial charge in [-0.15, -0.1) is 12.4 Å². The molecule has 0 aliphatic rings. The summed E-state index contributed by atoms with van der Waals surface area (Å²) in [6, 6.07) is 11.8. The number of H-pyrrole nitrogens is 1. The maximum absolute atomic E-state index is 5.41. The SMILES string of the molecule is Cl.c1ccc(COc2ccn[nH]2)cc1. The first kappa shape index (κ1) is 10.6. The second kappa shape index (κ2) is 5.29. The minimum absolute atomic E-state index is 0. The molecule has 0 unspecified atom stereocenters. The van der Waals surface area contributed by atoms with Crippen LogP contribution in [-0.4, -0.2) is 10.2 Å². The number of halogens is 1. The Balaban J connectivity index is 0.000000980. The molecule has 0 saturated heterocycles. The lowest BCUT2D eigenvalue weighted by atomic mass is 10.2. The molecule has 4 heteroatoms. The van der Waals surface area contributed by atoms with Gasteiger partial charge in [-0.3, -0.25) is 0 Å². The first-order chi connectivity index (χ1) is 6.45. The smallest absolute Gasteiger partial charge is 0.209 e. The number of aromatic nitrogens is 2. The van der Waals surface area contributed by atoms with Crippen molar-refractivity contribution in [1.82, 2.24) is 10.2 Å². The van der Waals surface area contributed by atoms with Crippen molar-refractivity contribution in [3.63, 3.8) is 0 Å². The van der Waals surface area contributed by atoms with E-state index in [0.717, 1.165) is 5.56 Å². The molecule has 1 aromatic heterocycles. The Bertz CT molecular complexity index is 348. The highest BCUT2D eigenvalue weighted by Crippen LogP contribution is 2.06. The molecule has 1 heterocycles. The maximum atomic E-state index is 5.41. The molecule has 1 aromatic carbocycles. The highest BCUT2D eigenvalue weighted by atomic mass is 35.5. The van der Waals surface area contributed by atoms with Crippen molar-refractivity contribution in [2.45, 2.75) is 6.61 Å². The molecule has 0 amide bonds. The van der Waals surface area contributed by atoms with E-state index in [9.17, 15) is 0 Å². The van der Waals surface area contributed by atoms with Gasteiger partial charge in [-0.2, -0.15) is 5.10 Å². The number of rotatable bonds is 3. The van der Waals surface area contributed by atoms with Crippen molar-refractivity contribution in [1.29, 1.82) is 0 Å². The van der Waals surface area contributed by atoms with Crippen molar-refractivity contribution in [2.24, 2.45) is 0 Å². The van der Waals surface area contributed by atoms with Crippen LogP contribution in [-0.2, 0) is 6.61 Å². The van der Waals surface area contributed by atoms with E-state index < -0.39 is 0 Å². The van der Waals surface area contributed by atoms with E-state index >= 15 is 0 Å². The Morgan fingerprint density at radius 2 is 1.93 bits per heavy atom. The average Bonchev–Trinajstić information content (AvgIpc) is 2.69. The van der Waals surface area contributed by atoms with Crippen LogP contribution < -0.4 is 4.74 Å². The third kappa shape index (κ3) is 2.78. The Kier molecular flexibility index (Phi) is 4.01. The van der Waals surface area contributed by atoms with Crippen molar-refractivity contribution in [2.75, 3.05) is 0 Å². The van der Waals surface area contributed by atoms with E-state index in [4.69, 9.17) is 4.74 Å². The molecule has 0 aliphatic carbocycles. The highest BCUT2D eigenvalue weighted by molar-refractivity contribution is 5.85. The molecule has 0 saturated carbocycles. The standard InChI is InChI=1S/C10H10N2O.ClH/c1-2-4-9(5-3-1)8-13-10-6-7-11-12-10;/h1-7H,8H2,(H,11,12);1H. The molecular formula is C10H11ClN2O. The molecule has 2 rings (SSSR count). The largest absolute Gasteiger partial charge is 0.473 e. The van der Waals surface area contributed by atoms with Gasteiger partial charge in [-0.1, -0.05) is 30.3 Å². The van der Waals surface area contributed by atoms with Crippen molar-refractivity contribution in [3.8, 4) is 5.88 Å². The van der Waals surface area contributed by atoms with E-state index in [1.807, 2.05) is 30.3 Å². The van der Waals surface area contributed by atoms with Gasteiger partial charge >= 0.3 is 0 Å². The summed E-state index contributed by atoms with van der Waals surface area (Å²) < 4.78 is 5.41. The molecule has 0 bridgehead atoms. The van der Waals surface area contributed by atoms with Crippen LogP contribution in [0.3, 0.4) is 0 Å². The molecule has 74 valence electrons. The van der Waals surface area contributed by atoms with Crippen LogP contribution in [0.1, 0.15) is 5.56 Å². The Hall–Kier alpha value is -1.48. The van der Waals surface area contributed by atoms with Gasteiger partial charge in [-0.05, 0) is 5.56 Å². The molecular weight excluding hydrogens is 200 g/mol. The molecule has 0 fully saturated rings. The topological polar surface area (TPSA) is 37.9 Å². The summed E-state index contributed by atoms with van der Waals surface area (Å²) in [6.45, 7) is 0.572. The van der Waals surface area contributed by atoms with Gasteiger partial charge in [0.25, 0.3) is 0 Å². The monoisotopic (exact) mass is 210 g/mol. The van der Waals surface area contributed by atoms with E-state index in [2.05, 4.69) is 10.2 Å². The van der Waals surface area contributed by atoms with Gasteiger partial charge in [0.1, 0.15) is 6.61 Å². The fraction of sp³-hybridized carbons (Fsp3) is 0.100. The summed E-state index contributed by atoms with van der Waals surface area (Å²) in [4.78, 5) is 0. The lowest BCUT2D eigenvalue weighted by Crippen LogP contribution is -1.94. The number of ether oxygens (including phenoxy) is 1. The zero-order chi connectivity index (χ0) is 8.93. The van der Waals surface area contributed by atoms with Crippen LogP contribution in [0.4, 0.5) is 0 Å². The average molecular weight is 211 g/mol. The second-order valence-corrected chi connectivity index (χ2v) is 2.70. The highest BCUT2D eigenvalue weighted by Gasteiger charge is 1.94. The Labute approximate surface area is 88.5 Å². The third-order valence-electron chi connectivity index (χ3n) is 1.71. The minimum Gasteiger partial charge on any atom is -0.473 e. The molecule has 1 N–H and O–H groups in total. The third-order valence-corrected chi connectivity index (χ3v) is 1.71. The molecule has 0 aliphatic heterocycles. The summed E-state index contributed by atoms with van der Waals surface area (Å²) in [5.74, 6) is 0.698. The first-order valence-electron chi connectivity index (χ1n) is 4.11. The van der Waals surface area contributed by atoms with Gasteiger partial charge in [0.2, 0.25) is 5.88 Å². The van der Waals surface area contributed by atoms with Gasteiger partial charge in [-0.25, -0.2) is 5.10 Å². The van der Waals surface area contributed by atoms with Gasteiger partial charge in [0.15, 0.2) is 0 Å². The van der Waals surface area contributed by atoms with Crippen LogP contribution in [0.15, 0.2) is 42.6 Å². The lowest BCUT2D eigenvalue weighted by Gasteiger charge is -2.01. The molecule has 0 spiro atoms. The predicted octanol–water partition coefficient (Wildman–Crippen LogP) is 2.41. The number of nitrogens with one attached hydrogen (secondary N) is 1. The van der Waals surface area contributed by atoms with E-state index in [0.29, 0.717) is 12.5 Å². The summed E-state index contributed by atoms with van der Waals surface area (Å²) in [6.07, 6.45) is 1.67. The quantitative estimate of drug-likeness (QED) is 0.845. The zero-order valence-electron chi connectivity index (χ0n) is 7.51. The number of benzene rings is 1.